The predicted octanol–water partition coefficient (Wildman–Crippen LogP) is 2.84. The lowest BCUT2D eigenvalue weighted by Gasteiger charge is -2.06. The van der Waals surface area contributed by atoms with Crippen LogP contribution in [0.1, 0.15) is 11.3 Å². The molecule has 0 saturated heterocycles. The fourth-order valence-corrected chi connectivity index (χ4v) is 2.54. The number of hydrogen-bond donors (Lipinski definition) is 1. The number of aromatic nitrogens is 4. The first-order chi connectivity index (χ1) is 12.1. The van der Waals surface area contributed by atoms with Crippen molar-refractivity contribution in [3.05, 3.63) is 75.7 Å². The van der Waals surface area contributed by atoms with Gasteiger partial charge in [0, 0.05) is 12.0 Å². The van der Waals surface area contributed by atoms with E-state index in [1.165, 1.54) is 30.3 Å². The van der Waals surface area contributed by atoms with Crippen LogP contribution in [0, 0.1) is 11.6 Å². The van der Waals surface area contributed by atoms with Crippen LogP contribution in [-0.2, 0) is 6.42 Å². The molecule has 0 bridgehead atoms. The van der Waals surface area contributed by atoms with Gasteiger partial charge < -0.3 is 0 Å². The molecule has 124 valence electrons. The summed E-state index contributed by atoms with van der Waals surface area (Å²) in [4.78, 5) is 18.6. The minimum Gasteiger partial charge on any atom is -0.299 e. The summed E-state index contributed by atoms with van der Waals surface area (Å²) in [5.74, 6) is -0.853. The van der Waals surface area contributed by atoms with Gasteiger partial charge in [-0.1, -0.05) is 24.3 Å². The van der Waals surface area contributed by atoms with Crippen molar-refractivity contribution in [2.45, 2.75) is 6.42 Å². The van der Waals surface area contributed by atoms with Gasteiger partial charge in [0.2, 0.25) is 11.3 Å². The molecule has 0 aliphatic heterocycles. The maximum Gasteiger partial charge on any atom is 0.271 e. The van der Waals surface area contributed by atoms with Crippen LogP contribution in [-0.4, -0.2) is 20.3 Å². The van der Waals surface area contributed by atoms with Crippen molar-refractivity contribution in [3.63, 3.8) is 0 Å². The second-order valence-electron chi connectivity index (χ2n) is 5.45. The lowest BCUT2D eigenvalue weighted by Crippen LogP contribution is -2.15. The van der Waals surface area contributed by atoms with Gasteiger partial charge in [0.05, 0.1) is 0 Å². The number of rotatable bonds is 3. The fraction of sp³-hybridized carbons (Fsp3) is 0.0588. The first kappa shape index (κ1) is 15.1. The highest BCUT2D eigenvalue weighted by atomic mass is 19.1. The number of nitrogens with zero attached hydrogens (tertiary/aromatic N) is 3. The Labute approximate surface area is 139 Å². The van der Waals surface area contributed by atoms with Crippen molar-refractivity contribution in [2.24, 2.45) is 0 Å². The Balaban J connectivity index is 1.67. The maximum atomic E-state index is 14.4. The molecule has 0 aliphatic rings. The molecule has 2 heterocycles. The third-order valence-corrected chi connectivity index (χ3v) is 3.77. The molecule has 6 nitrogen and oxygen atoms in total. The van der Waals surface area contributed by atoms with Crippen molar-refractivity contribution >= 4 is 11.3 Å². The quantitative estimate of drug-likeness (QED) is 0.620. The average Bonchev–Trinajstić information content (AvgIpc) is 3.03. The van der Waals surface area contributed by atoms with E-state index < -0.39 is 11.4 Å². The van der Waals surface area contributed by atoms with Gasteiger partial charge in [0.15, 0.2) is 0 Å². The SMILES string of the molecule is O=c1[nH]c2nonc2nc1Cc1ccc(-c2ccc(F)cc2)c(F)c1. The highest BCUT2D eigenvalue weighted by Crippen LogP contribution is 2.24. The molecule has 0 spiro atoms. The molecule has 0 atom stereocenters. The Morgan fingerprint density at radius 2 is 1.84 bits per heavy atom. The molecule has 0 fully saturated rings. The van der Waals surface area contributed by atoms with Crippen molar-refractivity contribution in [1.29, 1.82) is 0 Å². The molecular weight excluding hydrogens is 330 g/mol. The molecule has 2 aromatic heterocycles. The smallest absolute Gasteiger partial charge is 0.271 e. The summed E-state index contributed by atoms with van der Waals surface area (Å²) in [6, 6.07) is 10.2. The second kappa shape index (κ2) is 5.90. The largest absolute Gasteiger partial charge is 0.299 e. The number of benzene rings is 2. The fourth-order valence-electron chi connectivity index (χ4n) is 2.54. The van der Waals surface area contributed by atoms with Gasteiger partial charge in [-0.05, 0) is 39.6 Å². The topological polar surface area (TPSA) is 84.7 Å². The van der Waals surface area contributed by atoms with E-state index in [-0.39, 0.29) is 29.2 Å². The molecule has 8 heteroatoms. The summed E-state index contributed by atoms with van der Waals surface area (Å²) in [6.45, 7) is 0. The zero-order valence-electron chi connectivity index (χ0n) is 12.7. The van der Waals surface area contributed by atoms with Crippen LogP contribution in [0.5, 0.6) is 0 Å². The van der Waals surface area contributed by atoms with E-state index in [9.17, 15) is 13.6 Å². The Morgan fingerprint density at radius 3 is 2.60 bits per heavy atom. The molecule has 1 N–H and O–H groups in total. The molecule has 25 heavy (non-hydrogen) atoms. The average molecular weight is 340 g/mol. The van der Waals surface area contributed by atoms with E-state index in [1.807, 2.05) is 0 Å². The third kappa shape index (κ3) is 2.89. The van der Waals surface area contributed by atoms with Gasteiger partial charge in [0.1, 0.15) is 17.3 Å². The summed E-state index contributed by atoms with van der Waals surface area (Å²) in [7, 11) is 0. The Morgan fingerprint density at radius 1 is 1.04 bits per heavy atom. The van der Waals surface area contributed by atoms with Crippen molar-refractivity contribution in [1.82, 2.24) is 20.3 Å². The normalized spacial score (nSPS) is 11.1. The molecule has 0 aliphatic carbocycles. The number of halogens is 2. The van der Waals surface area contributed by atoms with Gasteiger partial charge in [0.25, 0.3) is 5.56 Å². The minimum absolute atomic E-state index is 0.124. The second-order valence-corrected chi connectivity index (χ2v) is 5.45. The van der Waals surface area contributed by atoms with Gasteiger partial charge in [-0.3, -0.25) is 9.78 Å². The predicted molar refractivity (Wildman–Crippen MR) is 84.8 cm³/mol. The van der Waals surface area contributed by atoms with Crippen LogP contribution in [0.4, 0.5) is 8.78 Å². The van der Waals surface area contributed by atoms with Crippen LogP contribution < -0.4 is 5.56 Å². The molecule has 4 rings (SSSR count). The van der Waals surface area contributed by atoms with E-state index in [0.29, 0.717) is 16.7 Å². The van der Waals surface area contributed by atoms with Crippen molar-refractivity contribution < 1.29 is 13.4 Å². The van der Waals surface area contributed by atoms with E-state index in [1.54, 1.807) is 12.1 Å². The summed E-state index contributed by atoms with van der Waals surface area (Å²) in [5, 5.41) is 7.07. The van der Waals surface area contributed by atoms with Gasteiger partial charge in [-0.25, -0.2) is 18.4 Å². The summed E-state index contributed by atoms with van der Waals surface area (Å²) in [6.07, 6.45) is 0.124. The van der Waals surface area contributed by atoms with E-state index in [2.05, 4.69) is 24.9 Å². The number of hydrogen-bond acceptors (Lipinski definition) is 5. The third-order valence-electron chi connectivity index (χ3n) is 3.77. The molecule has 0 saturated carbocycles. The molecule has 0 unspecified atom stereocenters. The lowest BCUT2D eigenvalue weighted by atomic mass is 10.0. The van der Waals surface area contributed by atoms with Crippen molar-refractivity contribution in [2.75, 3.05) is 0 Å². The van der Waals surface area contributed by atoms with Gasteiger partial charge in [-0.2, -0.15) is 0 Å². The standard InChI is InChI=1S/C17H10F2N4O2/c18-11-4-2-10(3-5-11)12-6-1-9(7-13(12)19)8-14-17(24)21-16-15(20-14)22-25-23-16/h1-7H,8H2,(H,21,23,24). The summed E-state index contributed by atoms with van der Waals surface area (Å²) in [5.41, 5.74) is 1.56. The summed E-state index contributed by atoms with van der Waals surface area (Å²) >= 11 is 0. The Hall–Kier alpha value is -3.42. The number of fused-ring (bicyclic) bond motifs is 1. The highest BCUT2D eigenvalue weighted by molar-refractivity contribution is 5.65. The monoisotopic (exact) mass is 340 g/mol. The number of nitrogens with one attached hydrogen (secondary N) is 1. The Bertz CT molecular complexity index is 1120. The van der Waals surface area contributed by atoms with Crippen LogP contribution in [0.2, 0.25) is 0 Å². The van der Waals surface area contributed by atoms with Crippen molar-refractivity contribution in [3.8, 4) is 11.1 Å². The zero-order chi connectivity index (χ0) is 17.4. The van der Waals surface area contributed by atoms with E-state index in [4.69, 9.17) is 0 Å². The Kier molecular flexibility index (Phi) is 3.57. The van der Waals surface area contributed by atoms with Crippen LogP contribution in [0.25, 0.3) is 22.4 Å². The van der Waals surface area contributed by atoms with Gasteiger partial charge >= 0.3 is 0 Å². The van der Waals surface area contributed by atoms with Crippen LogP contribution in [0.15, 0.2) is 51.9 Å². The first-order valence-electron chi connectivity index (χ1n) is 7.36. The van der Waals surface area contributed by atoms with E-state index >= 15 is 0 Å². The molecule has 4 aromatic rings. The van der Waals surface area contributed by atoms with Crippen LogP contribution in [0.3, 0.4) is 0 Å². The van der Waals surface area contributed by atoms with Gasteiger partial charge in [-0.15, -0.1) is 0 Å². The molecule has 0 radical (unpaired) electrons. The molecule has 0 amide bonds. The highest BCUT2D eigenvalue weighted by Gasteiger charge is 2.12. The maximum absolute atomic E-state index is 14.4. The summed E-state index contributed by atoms with van der Waals surface area (Å²) < 4.78 is 31.9. The van der Waals surface area contributed by atoms with E-state index in [0.717, 1.165) is 0 Å². The molecular formula is C17H10F2N4O2. The minimum atomic E-state index is -0.468. The number of H-pyrrole nitrogens is 1. The lowest BCUT2D eigenvalue weighted by molar-refractivity contribution is 0.314. The first-order valence-corrected chi connectivity index (χ1v) is 7.36. The zero-order valence-corrected chi connectivity index (χ0v) is 12.7. The van der Waals surface area contributed by atoms with Crippen LogP contribution >= 0.6 is 0 Å². The molecule has 2 aromatic carbocycles. The number of aromatic amines is 1.